The highest BCUT2D eigenvalue weighted by Gasteiger charge is 2.28. The number of aromatic amines is 1. The van der Waals surface area contributed by atoms with Crippen molar-refractivity contribution in [3.8, 4) is 0 Å². The van der Waals surface area contributed by atoms with Crippen molar-refractivity contribution < 1.29 is 34.5 Å². The van der Waals surface area contributed by atoms with Crippen molar-refractivity contribution >= 4 is 34.6 Å². The van der Waals surface area contributed by atoms with E-state index >= 15 is 0 Å². The average molecular weight is 449 g/mol. The minimum Gasteiger partial charge on any atom is -0.480 e. The first-order valence-corrected chi connectivity index (χ1v) is 9.84. The maximum Gasteiger partial charge on any atom is 0.328 e. The van der Waals surface area contributed by atoms with Crippen LogP contribution in [0.4, 0.5) is 0 Å². The van der Waals surface area contributed by atoms with Gasteiger partial charge in [-0.05, 0) is 25.0 Å². The van der Waals surface area contributed by atoms with Crippen molar-refractivity contribution in [3.63, 3.8) is 0 Å². The van der Waals surface area contributed by atoms with E-state index in [1.165, 1.54) is 6.92 Å². The van der Waals surface area contributed by atoms with E-state index in [-0.39, 0.29) is 6.42 Å². The molecule has 0 radical (unpaired) electrons. The molecule has 1 aromatic heterocycles. The summed E-state index contributed by atoms with van der Waals surface area (Å²) in [6.07, 6.45) is 1.93. The predicted octanol–water partition coefficient (Wildman–Crippen LogP) is -2.42. The Labute approximate surface area is 183 Å². The number of hydrogen-bond acceptors (Lipinski definition) is 7. The van der Waals surface area contributed by atoms with Gasteiger partial charge in [0.05, 0.1) is 19.3 Å². The Morgan fingerprint density at radius 1 is 0.969 bits per heavy atom. The molecule has 1 heterocycles. The summed E-state index contributed by atoms with van der Waals surface area (Å²) in [6, 6.07) is 2.39. The number of para-hydroxylation sites is 1. The first-order valence-electron chi connectivity index (χ1n) is 9.84. The third kappa shape index (κ3) is 6.26. The van der Waals surface area contributed by atoms with Crippen LogP contribution in [0.3, 0.4) is 0 Å². The smallest absolute Gasteiger partial charge is 0.328 e. The number of H-pyrrole nitrogens is 1. The highest BCUT2D eigenvalue weighted by molar-refractivity contribution is 5.94. The third-order valence-electron chi connectivity index (χ3n) is 4.82. The molecule has 174 valence electrons. The molecule has 9 N–H and O–H groups in total. The van der Waals surface area contributed by atoms with Gasteiger partial charge in [-0.3, -0.25) is 14.4 Å². The van der Waals surface area contributed by atoms with Gasteiger partial charge in [-0.25, -0.2) is 4.79 Å². The van der Waals surface area contributed by atoms with Crippen LogP contribution in [0.1, 0.15) is 12.5 Å². The Morgan fingerprint density at radius 3 is 2.22 bits per heavy atom. The molecule has 2 aromatic rings. The fourth-order valence-corrected chi connectivity index (χ4v) is 2.96. The van der Waals surface area contributed by atoms with Crippen molar-refractivity contribution in [2.24, 2.45) is 5.73 Å². The fourth-order valence-electron chi connectivity index (χ4n) is 2.96. The van der Waals surface area contributed by atoms with E-state index in [2.05, 4.69) is 20.9 Å². The molecule has 2 rings (SSSR count). The second kappa shape index (κ2) is 11.2. The molecule has 3 amide bonds. The van der Waals surface area contributed by atoms with Gasteiger partial charge < -0.3 is 42.0 Å². The number of aliphatic hydroxyl groups is 2. The summed E-state index contributed by atoms with van der Waals surface area (Å²) in [6.45, 7) is -0.298. The Balaban J connectivity index is 1.93. The number of carboxylic acids is 1. The van der Waals surface area contributed by atoms with Gasteiger partial charge in [0, 0.05) is 17.1 Å². The molecule has 0 aliphatic rings. The molecular weight excluding hydrogens is 422 g/mol. The van der Waals surface area contributed by atoms with E-state index in [0.29, 0.717) is 0 Å². The molecule has 4 atom stereocenters. The number of nitrogens with one attached hydrogen (secondary N) is 4. The zero-order valence-corrected chi connectivity index (χ0v) is 17.4. The Hall–Kier alpha value is -3.48. The number of fused-ring (bicyclic) bond motifs is 1. The number of carbonyl (C=O) groups excluding carboxylic acids is 3. The van der Waals surface area contributed by atoms with Gasteiger partial charge in [0.1, 0.15) is 18.1 Å². The molecular formula is C20H27N5O7. The van der Waals surface area contributed by atoms with Crippen LogP contribution in [-0.2, 0) is 25.6 Å². The average Bonchev–Trinajstić information content (AvgIpc) is 3.17. The first-order chi connectivity index (χ1) is 15.2. The summed E-state index contributed by atoms with van der Waals surface area (Å²) in [7, 11) is 0. The van der Waals surface area contributed by atoms with E-state index in [1.54, 1.807) is 6.20 Å². The second-order valence-corrected chi connectivity index (χ2v) is 7.23. The van der Waals surface area contributed by atoms with Crippen LogP contribution in [0.25, 0.3) is 10.9 Å². The quantitative estimate of drug-likeness (QED) is 0.185. The van der Waals surface area contributed by atoms with Gasteiger partial charge >= 0.3 is 5.97 Å². The van der Waals surface area contributed by atoms with Gasteiger partial charge in [-0.1, -0.05) is 18.2 Å². The zero-order valence-electron chi connectivity index (χ0n) is 17.4. The van der Waals surface area contributed by atoms with Crippen LogP contribution in [-0.4, -0.2) is 81.4 Å². The molecule has 32 heavy (non-hydrogen) atoms. The lowest BCUT2D eigenvalue weighted by atomic mass is 10.0. The Morgan fingerprint density at radius 2 is 1.59 bits per heavy atom. The molecule has 0 spiro atoms. The number of benzene rings is 1. The molecule has 12 heteroatoms. The Kier molecular flexibility index (Phi) is 8.70. The van der Waals surface area contributed by atoms with Crippen LogP contribution in [0.15, 0.2) is 30.5 Å². The van der Waals surface area contributed by atoms with Gasteiger partial charge in [0.25, 0.3) is 0 Å². The summed E-state index contributed by atoms with van der Waals surface area (Å²) in [5, 5.41) is 34.9. The number of aromatic nitrogens is 1. The van der Waals surface area contributed by atoms with Gasteiger partial charge in [-0.15, -0.1) is 0 Å². The van der Waals surface area contributed by atoms with Crippen LogP contribution < -0.4 is 21.7 Å². The normalized spacial score (nSPS) is 14.8. The number of amides is 3. The van der Waals surface area contributed by atoms with E-state index in [0.717, 1.165) is 16.5 Å². The van der Waals surface area contributed by atoms with Crippen molar-refractivity contribution in [1.82, 2.24) is 20.9 Å². The van der Waals surface area contributed by atoms with Crippen LogP contribution >= 0.6 is 0 Å². The van der Waals surface area contributed by atoms with Crippen molar-refractivity contribution in [2.45, 2.75) is 37.5 Å². The van der Waals surface area contributed by atoms with Crippen LogP contribution in [0.2, 0.25) is 0 Å². The maximum absolute atomic E-state index is 12.4. The number of carbonyl (C=O) groups is 4. The van der Waals surface area contributed by atoms with Gasteiger partial charge in [-0.2, -0.15) is 0 Å². The van der Waals surface area contributed by atoms with Crippen molar-refractivity contribution in [3.05, 3.63) is 36.0 Å². The number of rotatable bonds is 11. The fraction of sp³-hybridized carbons (Fsp3) is 0.400. The SMILES string of the molecule is CC(NC(=O)C(CO)NC(=O)C(N)Cc1c[nH]c2ccccc12)C(=O)NC(CO)C(=O)O. The van der Waals surface area contributed by atoms with E-state index in [1.807, 2.05) is 24.3 Å². The largest absolute Gasteiger partial charge is 0.480 e. The molecule has 0 aliphatic heterocycles. The predicted molar refractivity (Wildman–Crippen MR) is 113 cm³/mol. The summed E-state index contributed by atoms with van der Waals surface area (Å²) >= 11 is 0. The van der Waals surface area contributed by atoms with Crippen LogP contribution in [0, 0.1) is 0 Å². The number of hydrogen-bond donors (Lipinski definition) is 8. The van der Waals surface area contributed by atoms with E-state index in [4.69, 9.17) is 15.9 Å². The summed E-state index contributed by atoms with van der Waals surface area (Å²) in [5.41, 5.74) is 7.67. The van der Waals surface area contributed by atoms with Gasteiger partial charge in [0.2, 0.25) is 17.7 Å². The molecule has 0 aliphatic carbocycles. The van der Waals surface area contributed by atoms with Crippen molar-refractivity contribution in [2.75, 3.05) is 13.2 Å². The molecule has 1 aromatic carbocycles. The summed E-state index contributed by atoms with van der Waals surface area (Å²) < 4.78 is 0. The number of carboxylic acid groups (broad SMARTS) is 1. The van der Waals surface area contributed by atoms with Crippen LogP contribution in [0.5, 0.6) is 0 Å². The molecule has 0 saturated heterocycles. The lowest BCUT2D eigenvalue weighted by Crippen LogP contribution is -2.57. The molecule has 12 nitrogen and oxygen atoms in total. The second-order valence-electron chi connectivity index (χ2n) is 7.23. The lowest BCUT2D eigenvalue weighted by molar-refractivity contribution is -0.143. The summed E-state index contributed by atoms with van der Waals surface area (Å²) in [4.78, 5) is 50.8. The van der Waals surface area contributed by atoms with Crippen molar-refractivity contribution in [1.29, 1.82) is 0 Å². The highest BCUT2D eigenvalue weighted by atomic mass is 16.4. The standard InChI is InChI=1S/C20H27N5O7/c1-10(17(28)25-16(9-27)20(31)32)23-19(30)15(8-26)24-18(29)13(21)6-11-7-22-14-5-3-2-4-12(11)14/h2-5,7,10,13,15-16,22,26-27H,6,8-9,21H2,1H3,(H,23,30)(H,24,29)(H,25,28)(H,31,32). The number of aliphatic carboxylic acids is 1. The summed E-state index contributed by atoms with van der Waals surface area (Å²) in [5.74, 6) is -3.84. The minimum absolute atomic E-state index is 0.187. The maximum atomic E-state index is 12.4. The minimum atomic E-state index is -1.53. The highest BCUT2D eigenvalue weighted by Crippen LogP contribution is 2.18. The lowest BCUT2D eigenvalue weighted by Gasteiger charge is -2.22. The molecule has 0 fully saturated rings. The third-order valence-corrected chi connectivity index (χ3v) is 4.82. The zero-order chi connectivity index (χ0) is 23.8. The number of nitrogens with two attached hydrogens (primary N) is 1. The molecule has 0 saturated carbocycles. The Bertz CT molecular complexity index is 976. The monoisotopic (exact) mass is 449 g/mol. The van der Waals surface area contributed by atoms with Gasteiger partial charge in [0.15, 0.2) is 0 Å². The van der Waals surface area contributed by atoms with E-state index < -0.39 is 61.1 Å². The van der Waals surface area contributed by atoms with E-state index in [9.17, 15) is 24.3 Å². The molecule has 4 unspecified atom stereocenters. The molecule has 0 bridgehead atoms. The topological polar surface area (TPSA) is 207 Å². The number of aliphatic hydroxyl groups excluding tert-OH is 2. The first kappa shape index (κ1) is 24.8.